The van der Waals surface area contributed by atoms with Crippen LogP contribution in [0, 0.1) is 0 Å². The van der Waals surface area contributed by atoms with E-state index in [0.717, 1.165) is 20.9 Å². The van der Waals surface area contributed by atoms with Gasteiger partial charge in [-0.25, -0.2) is 5.43 Å². The van der Waals surface area contributed by atoms with Crippen molar-refractivity contribution < 1.29 is 9.84 Å². The van der Waals surface area contributed by atoms with Crippen molar-refractivity contribution >= 4 is 50.2 Å². The van der Waals surface area contributed by atoms with Crippen molar-refractivity contribution in [2.24, 2.45) is 12.1 Å². The summed E-state index contributed by atoms with van der Waals surface area (Å²) in [5.41, 5.74) is 5.69. The van der Waals surface area contributed by atoms with E-state index in [0.29, 0.717) is 17.0 Å². The van der Waals surface area contributed by atoms with Gasteiger partial charge in [-0.1, -0.05) is 34.1 Å². The van der Waals surface area contributed by atoms with Gasteiger partial charge in [0.2, 0.25) is 0 Å². The topological polar surface area (TPSA) is 97.5 Å². The van der Waals surface area contributed by atoms with Crippen LogP contribution >= 0.6 is 15.9 Å². The summed E-state index contributed by atoms with van der Waals surface area (Å²) in [6, 6.07) is 11.3. The maximum atomic E-state index is 10.2. The lowest BCUT2D eigenvalue weighted by atomic mass is 10.2. The molecule has 0 radical (unpaired) electrons. The van der Waals surface area contributed by atoms with Crippen LogP contribution in [0.5, 0.6) is 11.5 Å². The molecule has 0 bridgehead atoms. The Balaban J connectivity index is 1.65. The number of phenolic OH excluding ortho intramolecular Hbond substituents is 1. The number of benzene rings is 2. The number of anilines is 1. The SMILES string of the molecule is COc1cc(Br)cc(/C=N/Nc2nnc3c4ccccc4n(C)c3n2)c1O. The molecule has 2 aromatic carbocycles. The van der Waals surface area contributed by atoms with Crippen LogP contribution in [0.1, 0.15) is 5.56 Å². The van der Waals surface area contributed by atoms with E-state index in [1.54, 1.807) is 12.1 Å². The Hall–Kier alpha value is -3.20. The molecule has 0 aliphatic heterocycles. The minimum atomic E-state index is -0.00516. The van der Waals surface area contributed by atoms with E-state index < -0.39 is 0 Å². The largest absolute Gasteiger partial charge is 0.504 e. The Labute approximate surface area is 162 Å². The lowest BCUT2D eigenvalue weighted by Crippen LogP contribution is -2.01. The Morgan fingerprint density at radius 2 is 2.07 bits per heavy atom. The summed E-state index contributed by atoms with van der Waals surface area (Å²) in [4.78, 5) is 4.48. The average molecular weight is 427 g/mol. The first kappa shape index (κ1) is 17.2. The molecule has 4 aromatic rings. The number of hydrogen-bond acceptors (Lipinski definition) is 7. The molecule has 136 valence electrons. The number of nitrogens with zero attached hydrogens (tertiary/aromatic N) is 5. The lowest BCUT2D eigenvalue weighted by Gasteiger charge is -2.06. The number of nitrogens with one attached hydrogen (secondary N) is 1. The van der Waals surface area contributed by atoms with Crippen molar-refractivity contribution in [3.05, 3.63) is 46.4 Å². The highest BCUT2D eigenvalue weighted by Gasteiger charge is 2.12. The Kier molecular flexibility index (Phi) is 4.36. The lowest BCUT2D eigenvalue weighted by molar-refractivity contribution is 0.373. The minimum absolute atomic E-state index is 0.00516. The second kappa shape index (κ2) is 6.84. The molecule has 0 aliphatic rings. The third kappa shape index (κ3) is 3.06. The molecule has 9 heteroatoms. The van der Waals surface area contributed by atoms with Crippen LogP contribution in [0.15, 0.2) is 46.0 Å². The smallest absolute Gasteiger partial charge is 0.265 e. The maximum Gasteiger partial charge on any atom is 0.265 e. The van der Waals surface area contributed by atoms with Crippen LogP contribution in [-0.2, 0) is 7.05 Å². The number of hydrazone groups is 1. The zero-order valence-electron chi connectivity index (χ0n) is 14.5. The fourth-order valence-corrected chi connectivity index (χ4v) is 3.32. The summed E-state index contributed by atoms with van der Waals surface area (Å²) in [6.45, 7) is 0. The maximum absolute atomic E-state index is 10.2. The summed E-state index contributed by atoms with van der Waals surface area (Å²) in [5.74, 6) is 0.598. The van der Waals surface area contributed by atoms with Crippen molar-refractivity contribution in [2.45, 2.75) is 0 Å². The number of phenols is 1. The van der Waals surface area contributed by atoms with Gasteiger partial charge in [-0.2, -0.15) is 10.1 Å². The standard InChI is InChI=1S/C18H15BrN6O2/c1-25-13-6-4-3-5-12(13)15-17(25)21-18(24-22-15)23-20-9-10-7-11(19)8-14(27-2)16(10)26/h3-9,26H,1-2H3,(H,21,23,24)/b20-9+. The number of aromatic hydroxyl groups is 1. The van der Waals surface area contributed by atoms with E-state index in [9.17, 15) is 5.11 Å². The molecule has 8 nitrogen and oxygen atoms in total. The molecule has 0 spiro atoms. The fraction of sp³-hybridized carbons (Fsp3) is 0.111. The van der Waals surface area contributed by atoms with E-state index in [-0.39, 0.29) is 11.7 Å². The van der Waals surface area contributed by atoms with E-state index in [2.05, 4.69) is 41.6 Å². The minimum Gasteiger partial charge on any atom is -0.504 e. The van der Waals surface area contributed by atoms with Gasteiger partial charge in [-0.3, -0.25) is 0 Å². The van der Waals surface area contributed by atoms with Gasteiger partial charge in [-0.05, 0) is 18.2 Å². The molecule has 2 aromatic heterocycles. The Bertz CT molecular complexity index is 1190. The third-order valence-corrected chi connectivity index (χ3v) is 4.62. The van der Waals surface area contributed by atoms with Crippen LogP contribution in [0.25, 0.3) is 22.1 Å². The van der Waals surface area contributed by atoms with Crippen molar-refractivity contribution in [1.29, 1.82) is 0 Å². The summed E-state index contributed by atoms with van der Waals surface area (Å²) in [7, 11) is 3.41. The Morgan fingerprint density at radius 1 is 1.26 bits per heavy atom. The zero-order valence-corrected chi connectivity index (χ0v) is 16.1. The number of hydrogen-bond donors (Lipinski definition) is 2. The highest BCUT2D eigenvalue weighted by Crippen LogP contribution is 2.32. The number of rotatable bonds is 4. The first-order valence-electron chi connectivity index (χ1n) is 8.02. The molecule has 0 saturated heterocycles. The molecule has 27 heavy (non-hydrogen) atoms. The van der Waals surface area contributed by atoms with Gasteiger partial charge in [0.15, 0.2) is 17.1 Å². The molecule has 2 heterocycles. The van der Waals surface area contributed by atoms with Crippen LogP contribution < -0.4 is 10.2 Å². The number of aryl methyl sites for hydroxylation is 1. The monoisotopic (exact) mass is 426 g/mol. The molecule has 4 rings (SSSR count). The predicted octanol–water partition coefficient (Wildman–Crippen LogP) is 3.44. The molecular weight excluding hydrogens is 412 g/mol. The van der Waals surface area contributed by atoms with Gasteiger partial charge < -0.3 is 14.4 Å². The number of ether oxygens (including phenoxy) is 1. The first-order chi connectivity index (χ1) is 13.1. The normalized spacial score (nSPS) is 11.5. The van der Waals surface area contributed by atoms with Crippen LogP contribution in [0.4, 0.5) is 5.95 Å². The van der Waals surface area contributed by atoms with E-state index in [4.69, 9.17) is 4.74 Å². The van der Waals surface area contributed by atoms with Crippen molar-refractivity contribution in [1.82, 2.24) is 19.7 Å². The number of aromatic nitrogens is 4. The molecule has 2 N–H and O–H groups in total. The molecule has 0 saturated carbocycles. The quantitative estimate of drug-likeness (QED) is 0.383. The first-order valence-corrected chi connectivity index (χ1v) is 8.81. The second-order valence-corrected chi connectivity index (χ2v) is 6.72. The van der Waals surface area contributed by atoms with E-state index >= 15 is 0 Å². The van der Waals surface area contributed by atoms with Gasteiger partial charge in [0, 0.05) is 22.5 Å². The highest BCUT2D eigenvalue weighted by atomic mass is 79.9. The highest BCUT2D eigenvalue weighted by molar-refractivity contribution is 9.10. The van der Waals surface area contributed by atoms with E-state index in [1.807, 2.05) is 35.9 Å². The predicted molar refractivity (Wildman–Crippen MR) is 107 cm³/mol. The number of para-hydroxylation sites is 1. The summed E-state index contributed by atoms with van der Waals surface area (Å²) in [6.07, 6.45) is 1.46. The van der Waals surface area contributed by atoms with Gasteiger partial charge in [0.1, 0.15) is 5.52 Å². The van der Waals surface area contributed by atoms with Gasteiger partial charge in [0.25, 0.3) is 5.95 Å². The molecular formula is C18H15BrN6O2. The number of methoxy groups -OCH3 is 1. The van der Waals surface area contributed by atoms with Crippen molar-refractivity contribution in [3.8, 4) is 11.5 Å². The van der Waals surface area contributed by atoms with Crippen molar-refractivity contribution in [3.63, 3.8) is 0 Å². The van der Waals surface area contributed by atoms with Crippen LogP contribution in [-0.4, -0.2) is 38.2 Å². The van der Waals surface area contributed by atoms with Gasteiger partial charge >= 0.3 is 0 Å². The molecule has 0 fully saturated rings. The summed E-state index contributed by atoms with van der Waals surface area (Å²) in [5, 5.41) is 23.6. The van der Waals surface area contributed by atoms with Crippen LogP contribution in [0.3, 0.4) is 0 Å². The van der Waals surface area contributed by atoms with E-state index in [1.165, 1.54) is 13.3 Å². The van der Waals surface area contributed by atoms with Crippen molar-refractivity contribution in [2.75, 3.05) is 12.5 Å². The van der Waals surface area contributed by atoms with Crippen LogP contribution in [0.2, 0.25) is 0 Å². The number of halogens is 1. The summed E-state index contributed by atoms with van der Waals surface area (Å²) >= 11 is 3.37. The van der Waals surface area contributed by atoms with Gasteiger partial charge in [0.05, 0.1) is 18.8 Å². The molecule has 0 atom stereocenters. The molecule has 0 unspecified atom stereocenters. The second-order valence-electron chi connectivity index (χ2n) is 5.80. The molecule has 0 aliphatic carbocycles. The fourth-order valence-electron chi connectivity index (χ4n) is 2.86. The third-order valence-electron chi connectivity index (χ3n) is 4.16. The zero-order chi connectivity index (χ0) is 19.0. The average Bonchev–Trinajstić information content (AvgIpc) is 2.96. The van der Waals surface area contributed by atoms with Gasteiger partial charge in [-0.15, -0.1) is 10.2 Å². The Morgan fingerprint density at radius 3 is 2.89 bits per heavy atom. The summed E-state index contributed by atoms with van der Waals surface area (Å²) < 4.78 is 7.84. The molecule has 0 amide bonds. The number of fused-ring (bicyclic) bond motifs is 3.